The van der Waals surface area contributed by atoms with E-state index < -0.39 is 0 Å². The average molecular weight is 317 g/mol. The minimum atomic E-state index is -0.275. The molecular weight excluding hydrogens is 297 g/mol. The van der Waals surface area contributed by atoms with Gasteiger partial charge in [0, 0.05) is 18.5 Å². The van der Waals surface area contributed by atoms with Crippen LogP contribution < -0.4 is 0 Å². The quantitative estimate of drug-likeness (QED) is 0.771. The second-order valence-electron chi connectivity index (χ2n) is 5.44. The van der Waals surface area contributed by atoms with E-state index in [-0.39, 0.29) is 11.7 Å². The third kappa shape index (κ3) is 4.60. The van der Waals surface area contributed by atoms with Crippen LogP contribution in [-0.2, 0) is 11.3 Å². The molecule has 2 aromatic rings. The van der Waals surface area contributed by atoms with Crippen LogP contribution in [0, 0.1) is 19.7 Å². The van der Waals surface area contributed by atoms with Gasteiger partial charge >= 0.3 is 0 Å². The summed E-state index contributed by atoms with van der Waals surface area (Å²) in [5.74, 6) is 0.147. The number of amides is 1. The molecular formula is C18H20FNOS. The number of rotatable bonds is 5. The van der Waals surface area contributed by atoms with Crippen LogP contribution in [0.15, 0.2) is 47.4 Å². The highest BCUT2D eigenvalue weighted by molar-refractivity contribution is 8.00. The van der Waals surface area contributed by atoms with Crippen LogP contribution in [0.4, 0.5) is 4.39 Å². The average Bonchev–Trinajstić information content (AvgIpc) is 2.47. The first-order chi connectivity index (χ1) is 10.5. The van der Waals surface area contributed by atoms with Gasteiger partial charge in [0.15, 0.2) is 0 Å². The van der Waals surface area contributed by atoms with Crippen molar-refractivity contribution in [2.45, 2.75) is 25.3 Å². The number of nitrogens with zero attached hydrogens (tertiary/aromatic N) is 1. The Morgan fingerprint density at radius 1 is 1.18 bits per heavy atom. The second-order valence-corrected chi connectivity index (χ2v) is 6.45. The van der Waals surface area contributed by atoms with Crippen LogP contribution >= 0.6 is 11.8 Å². The Hall–Kier alpha value is -1.81. The Morgan fingerprint density at radius 3 is 2.68 bits per heavy atom. The van der Waals surface area contributed by atoms with Gasteiger partial charge in [-0.05, 0) is 43.2 Å². The lowest BCUT2D eigenvalue weighted by Gasteiger charge is -2.17. The monoisotopic (exact) mass is 317 g/mol. The molecule has 0 N–H and O–H groups in total. The smallest absolute Gasteiger partial charge is 0.232 e. The van der Waals surface area contributed by atoms with E-state index in [9.17, 15) is 9.18 Å². The molecule has 0 bridgehead atoms. The third-order valence-electron chi connectivity index (χ3n) is 3.43. The highest BCUT2D eigenvalue weighted by atomic mass is 32.2. The summed E-state index contributed by atoms with van der Waals surface area (Å²) in [5, 5.41) is 0. The van der Waals surface area contributed by atoms with Gasteiger partial charge in [0.25, 0.3) is 0 Å². The number of hydrogen-bond donors (Lipinski definition) is 0. The van der Waals surface area contributed by atoms with E-state index >= 15 is 0 Å². The van der Waals surface area contributed by atoms with Gasteiger partial charge in [0.2, 0.25) is 5.91 Å². The van der Waals surface area contributed by atoms with Crippen molar-refractivity contribution in [3.8, 4) is 0 Å². The minimum absolute atomic E-state index is 0.0372. The molecule has 0 aliphatic rings. The van der Waals surface area contributed by atoms with E-state index in [1.165, 1.54) is 23.3 Å². The highest BCUT2D eigenvalue weighted by Crippen LogP contribution is 2.23. The Morgan fingerprint density at radius 2 is 1.95 bits per heavy atom. The van der Waals surface area contributed by atoms with Crippen molar-refractivity contribution >= 4 is 17.7 Å². The Kier molecular flexibility index (Phi) is 5.61. The molecule has 0 unspecified atom stereocenters. The fraction of sp³-hybridized carbons (Fsp3) is 0.278. The molecule has 0 aromatic heterocycles. The third-order valence-corrected chi connectivity index (χ3v) is 4.57. The molecule has 0 aliphatic heterocycles. The molecule has 0 saturated heterocycles. The molecule has 0 aliphatic carbocycles. The van der Waals surface area contributed by atoms with Crippen LogP contribution in [0.1, 0.15) is 16.7 Å². The molecule has 4 heteroatoms. The van der Waals surface area contributed by atoms with Gasteiger partial charge in [-0.25, -0.2) is 4.39 Å². The molecule has 0 atom stereocenters. The van der Waals surface area contributed by atoms with Crippen LogP contribution in [0.2, 0.25) is 0 Å². The molecule has 2 aromatic carbocycles. The van der Waals surface area contributed by atoms with Gasteiger partial charge < -0.3 is 4.90 Å². The van der Waals surface area contributed by atoms with Crippen LogP contribution in [0.3, 0.4) is 0 Å². The second kappa shape index (κ2) is 7.45. The zero-order chi connectivity index (χ0) is 16.1. The summed E-state index contributed by atoms with van der Waals surface area (Å²) in [4.78, 5) is 15.0. The maximum atomic E-state index is 13.2. The van der Waals surface area contributed by atoms with E-state index in [0.29, 0.717) is 12.3 Å². The summed E-state index contributed by atoms with van der Waals surface area (Å²) in [6.07, 6.45) is 0. The first-order valence-corrected chi connectivity index (χ1v) is 8.13. The van der Waals surface area contributed by atoms with Gasteiger partial charge in [0.05, 0.1) is 5.75 Å². The summed E-state index contributed by atoms with van der Waals surface area (Å²) < 4.78 is 13.2. The number of halogens is 1. The topological polar surface area (TPSA) is 20.3 Å². The van der Waals surface area contributed by atoms with E-state index in [2.05, 4.69) is 18.2 Å². The van der Waals surface area contributed by atoms with Gasteiger partial charge in [-0.2, -0.15) is 0 Å². The van der Waals surface area contributed by atoms with Gasteiger partial charge in [-0.15, -0.1) is 11.8 Å². The normalized spacial score (nSPS) is 10.5. The van der Waals surface area contributed by atoms with E-state index in [0.717, 1.165) is 10.5 Å². The number of thioether (sulfide) groups is 1. The van der Waals surface area contributed by atoms with Crippen LogP contribution in [0.5, 0.6) is 0 Å². The number of benzene rings is 2. The minimum Gasteiger partial charge on any atom is -0.341 e. The number of carbonyl (C=O) groups is 1. The van der Waals surface area contributed by atoms with E-state index in [1.54, 1.807) is 29.8 Å². The van der Waals surface area contributed by atoms with E-state index in [4.69, 9.17) is 0 Å². The lowest BCUT2D eigenvalue weighted by molar-refractivity contribution is -0.127. The van der Waals surface area contributed by atoms with Crippen molar-refractivity contribution in [2.75, 3.05) is 12.8 Å². The van der Waals surface area contributed by atoms with Gasteiger partial charge in [0.1, 0.15) is 5.82 Å². The lowest BCUT2D eigenvalue weighted by atomic mass is 10.2. The van der Waals surface area contributed by atoms with Crippen molar-refractivity contribution < 1.29 is 9.18 Å². The molecule has 1 amide bonds. The van der Waals surface area contributed by atoms with Crippen molar-refractivity contribution in [1.82, 2.24) is 4.90 Å². The Labute approximate surface area is 135 Å². The molecule has 22 heavy (non-hydrogen) atoms. The first kappa shape index (κ1) is 16.6. The Bertz CT molecular complexity index is 672. The molecule has 2 rings (SSSR count). The summed E-state index contributed by atoms with van der Waals surface area (Å²) in [6.45, 7) is 4.51. The number of hydrogen-bond acceptors (Lipinski definition) is 2. The highest BCUT2D eigenvalue weighted by Gasteiger charge is 2.11. The summed E-state index contributed by atoms with van der Waals surface area (Å²) in [5.41, 5.74) is 3.16. The molecule has 116 valence electrons. The van der Waals surface area contributed by atoms with Crippen molar-refractivity contribution in [2.24, 2.45) is 0 Å². The van der Waals surface area contributed by atoms with Crippen molar-refractivity contribution in [3.63, 3.8) is 0 Å². The molecule has 0 radical (unpaired) electrons. The zero-order valence-corrected chi connectivity index (χ0v) is 13.9. The first-order valence-electron chi connectivity index (χ1n) is 7.14. The predicted octanol–water partition coefficient (Wildman–Crippen LogP) is 4.19. The summed E-state index contributed by atoms with van der Waals surface area (Å²) in [7, 11) is 1.75. The molecule has 0 saturated carbocycles. The van der Waals surface area contributed by atoms with Gasteiger partial charge in [-0.3, -0.25) is 4.79 Å². The maximum Gasteiger partial charge on any atom is 0.232 e. The molecule has 0 fully saturated rings. The van der Waals surface area contributed by atoms with Gasteiger partial charge in [-0.1, -0.05) is 29.8 Å². The molecule has 0 heterocycles. The number of carbonyl (C=O) groups excluding carboxylic acids is 1. The SMILES string of the molecule is Cc1ccc(C)c(SCC(=O)N(C)Cc2cccc(F)c2)c1. The van der Waals surface area contributed by atoms with Crippen molar-refractivity contribution in [3.05, 3.63) is 65.0 Å². The standard InChI is InChI=1S/C18H20FNOS/c1-13-7-8-14(2)17(9-13)22-12-18(21)20(3)11-15-5-4-6-16(19)10-15/h4-10H,11-12H2,1-3H3. The zero-order valence-electron chi connectivity index (χ0n) is 13.1. The van der Waals surface area contributed by atoms with Crippen molar-refractivity contribution in [1.29, 1.82) is 0 Å². The van der Waals surface area contributed by atoms with Crippen LogP contribution in [-0.4, -0.2) is 23.6 Å². The van der Waals surface area contributed by atoms with E-state index in [1.807, 2.05) is 19.9 Å². The lowest BCUT2D eigenvalue weighted by Crippen LogP contribution is -2.27. The summed E-state index contributed by atoms with van der Waals surface area (Å²) in [6, 6.07) is 12.6. The Balaban J connectivity index is 1.92. The molecule has 0 spiro atoms. The maximum absolute atomic E-state index is 13.2. The fourth-order valence-corrected chi connectivity index (χ4v) is 3.17. The predicted molar refractivity (Wildman–Crippen MR) is 89.5 cm³/mol. The largest absolute Gasteiger partial charge is 0.341 e. The summed E-state index contributed by atoms with van der Waals surface area (Å²) >= 11 is 1.55. The molecule has 2 nitrogen and oxygen atoms in total. The fourth-order valence-electron chi connectivity index (χ4n) is 2.11. The van der Waals surface area contributed by atoms with Crippen LogP contribution in [0.25, 0.3) is 0 Å². The number of aryl methyl sites for hydroxylation is 2.